The van der Waals surface area contributed by atoms with Gasteiger partial charge in [-0.3, -0.25) is 20.3 Å². The third-order valence-electron chi connectivity index (χ3n) is 4.56. The van der Waals surface area contributed by atoms with Crippen LogP contribution in [0.5, 0.6) is 0 Å². The van der Waals surface area contributed by atoms with Crippen molar-refractivity contribution >= 4 is 50.8 Å². The summed E-state index contributed by atoms with van der Waals surface area (Å²) in [6.45, 7) is -0.176. The van der Waals surface area contributed by atoms with Crippen LogP contribution in [0.15, 0.2) is 37.3 Å². The lowest BCUT2D eigenvalue weighted by Gasteiger charge is -2.34. The molecule has 0 bridgehead atoms. The summed E-state index contributed by atoms with van der Waals surface area (Å²) in [6.07, 6.45) is -1.03. The van der Waals surface area contributed by atoms with Crippen molar-refractivity contribution in [1.29, 1.82) is 0 Å². The zero-order valence-electron chi connectivity index (χ0n) is 16.9. The summed E-state index contributed by atoms with van der Waals surface area (Å²) in [6, 6.07) is 2.51. The molecule has 12 nitrogen and oxygen atoms in total. The molecule has 1 aromatic heterocycles. The van der Waals surface area contributed by atoms with Gasteiger partial charge in [0.05, 0.1) is 35.0 Å². The van der Waals surface area contributed by atoms with Gasteiger partial charge >= 0.3 is 0 Å². The fraction of sp³-hybridized carbons (Fsp3) is 0.389. The first-order valence-corrected chi connectivity index (χ1v) is 11.4. The highest BCUT2D eigenvalue weighted by Crippen LogP contribution is 2.24. The molecule has 3 rings (SSSR count). The van der Waals surface area contributed by atoms with E-state index in [9.17, 15) is 24.3 Å². The Morgan fingerprint density at radius 2 is 2.00 bits per heavy atom. The molecule has 178 valence electrons. The number of carbonyl (C=O) groups excluding carboxylic acids is 2. The molecule has 1 fully saturated rings. The van der Waals surface area contributed by atoms with E-state index in [1.54, 1.807) is 0 Å². The van der Waals surface area contributed by atoms with Gasteiger partial charge in [0.1, 0.15) is 5.82 Å². The number of benzene rings is 1. The number of aliphatic hydroxyl groups excluding tert-OH is 2. The Morgan fingerprint density at radius 1 is 1.27 bits per heavy atom. The summed E-state index contributed by atoms with van der Waals surface area (Å²) in [5.74, 6) is -1.30. The van der Waals surface area contributed by atoms with Gasteiger partial charge in [-0.2, -0.15) is 0 Å². The number of amidine groups is 1. The number of hydrogen-bond donors (Lipinski definition) is 6. The van der Waals surface area contributed by atoms with Gasteiger partial charge in [0.2, 0.25) is 11.6 Å². The first-order chi connectivity index (χ1) is 15.8. The Morgan fingerprint density at radius 3 is 2.67 bits per heavy atom. The lowest BCUT2D eigenvalue weighted by molar-refractivity contribution is -0.147. The van der Waals surface area contributed by atoms with Crippen molar-refractivity contribution in [2.45, 2.75) is 23.2 Å². The number of aliphatic hydroxyl groups is 2. The smallest absolute Gasteiger partial charge is 0.219 e. The number of carbonyl (C=O) groups is 2. The maximum atomic E-state index is 13.4. The standard InChI is InChI=1S/C18H20BrFN6O6S/c19-10-5-8(1-2-11(10)20)23-17(24-31)14-18(26-32-25-14)33-4-3-21-12-13(16(30)15(12)29)22-6-9(28)7-27/h1-2,5,9,12-13,21-22,27-28,31H,3-4,6-7H2,(H,23,24). The van der Waals surface area contributed by atoms with Crippen LogP contribution in [0.4, 0.5) is 10.1 Å². The van der Waals surface area contributed by atoms with Gasteiger partial charge in [-0.1, -0.05) is 11.8 Å². The number of aliphatic imine (C=N–C) groups is 1. The first kappa shape index (κ1) is 25.4. The van der Waals surface area contributed by atoms with Crippen LogP contribution in [-0.2, 0) is 9.59 Å². The number of nitrogens with one attached hydrogen (secondary N) is 3. The minimum Gasteiger partial charge on any atom is -0.394 e. The van der Waals surface area contributed by atoms with E-state index in [-0.39, 0.29) is 22.5 Å². The molecular formula is C18H20BrFN6O6S. The molecule has 1 aliphatic carbocycles. The summed E-state index contributed by atoms with van der Waals surface area (Å²) in [5.41, 5.74) is 2.37. The molecule has 0 aliphatic heterocycles. The molecule has 3 atom stereocenters. The second-order valence-corrected chi connectivity index (χ2v) is 8.76. The largest absolute Gasteiger partial charge is 0.394 e. The van der Waals surface area contributed by atoms with Gasteiger partial charge in [0.15, 0.2) is 16.6 Å². The number of rotatable bonds is 11. The van der Waals surface area contributed by atoms with Crippen molar-refractivity contribution < 1.29 is 34.0 Å². The Bertz CT molecular complexity index is 1040. The van der Waals surface area contributed by atoms with Crippen LogP contribution in [0.2, 0.25) is 0 Å². The molecule has 0 saturated heterocycles. The topological polar surface area (TPSA) is 182 Å². The number of hydroxylamine groups is 1. The molecule has 3 unspecified atom stereocenters. The highest BCUT2D eigenvalue weighted by molar-refractivity contribution is 9.10. The van der Waals surface area contributed by atoms with Gasteiger partial charge in [0, 0.05) is 18.8 Å². The van der Waals surface area contributed by atoms with E-state index in [4.69, 9.17) is 9.74 Å². The molecule has 33 heavy (non-hydrogen) atoms. The molecule has 0 spiro atoms. The predicted octanol–water partition coefficient (Wildman–Crippen LogP) is -0.458. The summed E-state index contributed by atoms with van der Waals surface area (Å²) < 4.78 is 18.3. The average molecular weight is 547 g/mol. The number of halogens is 2. The number of aromatic nitrogens is 2. The van der Waals surface area contributed by atoms with E-state index in [1.807, 2.05) is 5.48 Å². The molecule has 1 saturated carbocycles. The van der Waals surface area contributed by atoms with Gasteiger partial charge in [-0.05, 0) is 44.4 Å². The number of Topliss-reactive ketones (excluding diaryl/α,β-unsaturated/α-hetero) is 2. The van der Waals surface area contributed by atoms with Crippen LogP contribution in [0.3, 0.4) is 0 Å². The normalized spacial score (nSPS) is 19.5. The molecule has 1 aliphatic rings. The number of thioether (sulfide) groups is 1. The molecular weight excluding hydrogens is 527 g/mol. The van der Waals surface area contributed by atoms with Crippen molar-refractivity contribution in [2.24, 2.45) is 4.99 Å². The average Bonchev–Trinajstić information content (AvgIpc) is 3.28. The lowest BCUT2D eigenvalue weighted by atomic mass is 9.83. The monoisotopic (exact) mass is 546 g/mol. The third-order valence-corrected chi connectivity index (χ3v) is 6.12. The minimum atomic E-state index is -1.03. The SMILES string of the molecule is O=C1C(=O)C(NCC(O)CO)C1NCCSc1nonc1C(=Nc1ccc(F)c(Br)c1)NO. The quantitative estimate of drug-likeness (QED) is 0.0533. The Hall–Kier alpha value is -2.27. The second-order valence-electron chi connectivity index (χ2n) is 6.82. The maximum absolute atomic E-state index is 13.4. The summed E-state index contributed by atoms with van der Waals surface area (Å²) >= 11 is 4.25. The highest BCUT2D eigenvalue weighted by Gasteiger charge is 2.48. The molecule has 2 aromatic rings. The summed E-state index contributed by atoms with van der Waals surface area (Å²) in [4.78, 5) is 27.7. The number of ketones is 2. The van der Waals surface area contributed by atoms with E-state index in [1.165, 1.54) is 30.0 Å². The van der Waals surface area contributed by atoms with E-state index in [0.29, 0.717) is 23.0 Å². The van der Waals surface area contributed by atoms with Crippen molar-refractivity contribution in [3.8, 4) is 0 Å². The van der Waals surface area contributed by atoms with Gasteiger partial charge in [-0.15, -0.1) is 0 Å². The van der Waals surface area contributed by atoms with Crippen molar-refractivity contribution in [2.75, 3.05) is 25.4 Å². The third kappa shape index (κ3) is 6.20. The van der Waals surface area contributed by atoms with Crippen LogP contribution in [0, 0.1) is 5.82 Å². The molecule has 6 N–H and O–H groups in total. The predicted molar refractivity (Wildman–Crippen MR) is 117 cm³/mol. The van der Waals surface area contributed by atoms with Crippen molar-refractivity contribution in [1.82, 2.24) is 26.4 Å². The van der Waals surface area contributed by atoms with Crippen LogP contribution in [0.1, 0.15) is 5.69 Å². The highest BCUT2D eigenvalue weighted by atomic mass is 79.9. The molecule has 0 amide bonds. The lowest BCUT2D eigenvalue weighted by Crippen LogP contribution is -2.70. The Kier molecular flexibility index (Phi) is 9.02. The Labute approximate surface area is 199 Å². The molecule has 1 heterocycles. The minimum absolute atomic E-state index is 0.0258. The van der Waals surface area contributed by atoms with Crippen LogP contribution in [0.25, 0.3) is 0 Å². The first-order valence-electron chi connectivity index (χ1n) is 9.59. The van der Waals surface area contributed by atoms with Gasteiger partial charge in [0.25, 0.3) is 0 Å². The van der Waals surface area contributed by atoms with E-state index >= 15 is 0 Å². The van der Waals surface area contributed by atoms with E-state index in [2.05, 4.69) is 41.9 Å². The van der Waals surface area contributed by atoms with E-state index < -0.39 is 42.2 Å². The van der Waals surface area contributed by atoms with Gasteiger partial charge < -0.3 is 20.8 Å². The fourth-order valence-corrected chi connectivity index (χ4v) is 3.99. The zero-order valence-corrected chi connectivity index (χ0v) is 19.3. The molecule has 0 radical (unpaired) electrons. The summed E-state index contributed by atoms with van der Waals surface area (Å²) in [7, 11) is 0. The number of hydrogen-bond acceptors (Lipinski definition) is 12. The van der Waals surface area contributed by atoms with Gasteiger partial charge in [-0.25, -0.2) is 14.0 Å². The molecule has 15 heteroatoms. The summed E-state index contributed by atoms with van der Waals surface area (Å²) in [5, 5.41) is 41.2. The molecule has 1 aromatic carbocycles. The van der Waals surface area contributed by atoms with Crippen LogP contribution >= 0.6 is 27.7 Å². The number of nitrogens with zero attached hydrogens (tertiary/aromatic N) is 3. The second kappa shape index (κ2) is 11.7. The van der Waals surface area contributed by atoms with Crippen LogP contribution < -0.4 is 16.1 Å². The van der Waals surface area contributed by atoms with Crippen LogP contribution in [-0.4, -0.2) is 86.8 Å². The zero-order chi connectivity index (χ0) is 24.0. The fourth-order valence-electron chi connectivity index (χ4n) is 2.86. The van der Waals surface area contributed by atoms with E-state index in [0.717, 1.165) is 0 Å². The Balaban J connectivity index is 1.56. The maximum Gasteiger partial charge on any atom is 0.219 e. The van der Waals surface area contributed by atoms with Crippen molar-refractivity contribution in [3.63, 3.8) is 0 Å². The van der Waals surface area contributed by atoms with Crippen molar-refractivity contribution in [3.05, 3.63) is 34.2 Å².